The average Bonchev–Trinajstić information content (AvgIpc) is 2.12. The minimum atomic E-state index is 0.541. The van der Waals surface area contributed by atoms with Crippen molar-refractivity contribution in [3.8, 4) is 0 Å². The normalized spacial score (nSPS) is 49.4. The zero-order valence-electron chi connectivity index (χ0n) is 11.7. The van der Waals surface area contributed by atoms with E-state index in [-0.39, 0.29) is 0 Å². The molecule has 17 heavy (non-hydrogen) atoms. The third-order valence-electron chi connectivity index (χ3n) is 5.79. The Kier molecular flexibility index (Phi) is 2.49. The summed E-state index contributed by atoms with van der Waals surface area (Å²) in [5, 5.41) is 3.58. The zero-order valence-corrected chi connectivity index (χ0v) is 11.7. The first-order valence-electron chi connectivity index (χ1n) is 7.29. The van der Waals surface area contributed by atoms with Gasteiger partial charge in [0.1, 0.15) is 0 Å². The van der Waals surface area contributed by atoms with E-state index in [1.165, 1.54) is 44.1 Å². The van der Waals surface area contributed by atoms with Gasteiger partial charge < -0.3 is 5.32 Å². The van der Waals surface area contributed by atoms with Crippen LogP contribution in [0.5, 0.6) is 0 Å². The van der Waals surface area contributed by atoms with Crippen LogP contribution in [0, 0.1) is 22.7 Å². The number of hydrogen-bond donors (Lipinski definition) is 1. The van der Waals surface area contributed by atoms with Crippen molar-refractivity contribution >= 4 is 0 Å². The predicted molar refractivity (Wildman–Crippen MR) is 72.9 cm³/mol. The number of likely N-dealkylation sites (N-methyl/N-ethyl adjacent to an activating group) is 1. The molecule has 0 heterocycles. The molecule has 4 saturated carbocycles. The van der Waals surface area contributed by atoms with Crippen molar-refractivity contribution in [1.29, 1.82) is 0 Å². The lowest BCUT2D eigenvalue weighted by atomic mass is 9.43. The maximum atomic E-state index is 4.24. The van der Waals surface area contributed by atoms with Crippen molar-refractivity contribution < 1.29 is 0 Å². The van der Waals surface area contributed by atoms with Gasteiger partial charge in [0.25, 0.3) is 0 Å². The van der Waals surface area contributed by atoms with Gasteiger partial charge in [-0.25, -0.2) is 0 Å². The zero-order chi connectivity index (χ0) is 12.3. The molecule has 3 unspecified atom stereocenters. The van der Waals surface area contributed by atoms with Crippen LogP contribution in [-0.4, -0.2) is 13.1 Å². The van der Waals surface area contributed by atoms with Crippen LogP contribution in [-0.2, 0) is 0 Å². The maximum Gasteiger partial charge on any atom is 0.0328 e. The van der Waals surface area contributed by atoms with Gasteiger partial charge in [-0.1, -0.05) is 19.1 Å². The van der Waals surface area contributed by atoms with Crippen LogP contribution in [0.25, 0.3) is 0 Å². The van der Waals surface area contributed by atoms with Gasteiger partial charge in [-0.15, -0.1) is 0 Å². The Morgan fingerprint density at radius 2 is 1.82 bits per heavy atom. The first-order valence-corrected chi connectivity index (χ1v) is 7.29. The van der Waals surface area contributed by atoms with Crippen LogP contribution in [0.15, 0.2) is 12.2 Å². The van der Waals surface area contributed by atoms with Crippen molar-refractivity contribution in [2.24, 2.45) is 22.7 Å². The van der Waals surface area contributed by atoms with E-state index in [1.54, 1.807) is 0 Å². The van der Waals surface area contributed by atoms with Crippen molar-refractivity contribution in [2.75, 3.05) is 7.05 Å². The average molecular weight is 233 g/mol. The van der Waals surface area contributed by atoms with Crippen molar-refractivity contribution in [1.82, 2.24) is 5.32 Å². The first kappa shape index (κ1) is 11.8. The molecule has 1 N–H and O–H groups in total. The Hall–Kier alpha value is -0.300. The molecule has 0 spiro atoms. The van der Waals surface area contributed by atoms with Crippen LogP contribution in [0.3, 0.4) is 0 Å². The highest BCUT2D eigenvalue weighted by molar-refractivity contribution is 5.17. The summed E-state index contributed by atoms with van der Waals surface area (Å²) in [5.74, 6) is 2.02. The molecule has 4 fully saturated rings. The van der Waals surface area contributed by atoms with Gasteiger partial charge in [0.2, 0.25) is 0 Å². The highest BCUT2D eigenvalue weighted by Gasteiger charge is 2.58. The van der Waals surface area contributed by atoms with Gasteiger partial charge in [-0.2, -0.15) is 0 Å². The summed E-state index contributed by atoms with van der Waals surface area (Å²) in [5.41, 5.74) is 2.53. The van der Waals surface area contributed by atoms with Crippen LogP contribution in [0.1, 0.15) is 52.4 Å². The molecule has 0 amide bonds. The van der Waals surface area contributed by atoms with E-state index in [9.17, 15) is 0 Å². The SMILES string of the molecule is C=C(C)C(NC)C12CC3CC(CC(C)(C3)C1)C2. The smallest absolute Gasteiger partial charge is 0.0328 e. The second-order valence-corrected chi connectivity index (χ2v) is 7.70. The van der Waals surface area contributed by atoms with Crippen molar-refractivity contribution in [2.45, 2.75) is 58.4 Å². The Labute approximate surface area is 106 Å². The quantitative estimate of drug-likeness (QED) is 0.732. The van der Waals surface area contributed by atoms with Crippen LogP contribution >= 0.6 is 0 Å². The topological polar surface area (TPSA) is 12.0 Å². The van der Waals surface area contributed by atoms with Crippen LogP contribution < -0.4 is 5.32 Å². The second-order valence-electron chi connectivity index (χ2n) is 7.70. The van der Waals surface area contributed by atoms with E-state index in [2.05, 4.69) is 32.8 Å². The Balaban J connectivity index is 1.95. The molecule has 96 valence electrons. The highest BCUT2D eigenvalue weighted by Crippen LogP contribution is 2.66. The van der Waals surface area contributed by atoms with Gasteiger partial charge in [0.15, 0.2) is 0 Å². The standard InChI is InChI=1S/C16H27N/c1-11(2)14(17-4)16-8-12-5-13(9-16)7-15(3,6-12)10-16/h12-14,17H,1,5-10H2,2-4H3. The van der Waals surface area contributed by atoms with E-state index < -0.39 is 0 Å². The Bertz CT molecular complexity index is 329. The molecule has 4 rings (SSSR count). The maximum absolute atomic E-state index is 4.24. The third-order valence-corrected chi connectivity index (χ3v) is 5.79. The molecule has 0 aromatic heterocycles. The fraction of sp³-hybridized carbons (Fsp3) is 0.875. The van der Waals surface area contributed by atoms with Gasteiger partial charge in [0, 0.05) is 6.04 Å². The first-order chi connectivity index (χ1) is 7.96. The lowest BCUT2D eigenvalue weighted by Crippen LogP contribution is -2.58. The largest absolute Gasteiger partial charge is 0.313 e. The molecule has 4 aliphatic rings. The molecule has 4 bridgehead atoms. The summed E-state index contributed by atoms with van der Waals surface area (Å²) in [6, 6.07) is 0.549. The van der Waals surface area contributed by atoms with Gasteiger partial charge >= 0.3 is 0 Å². The fourth-order valence-electron chi connectivity index (χ4n) is 6.21. The second kappa shape index (κ2) is 3.60. The van der Waals surface area contributed by atoms with Gasteiger partial charge in [-0.05, 0) is 75.2 Å². The molecule has 4 aliphatic carbocycles. The molecule has 0 aliphatic heterocycles. The predicted octanol–water partition coefficient (Wildman–Crippen LogP) is 3.76. The third kappa shape index (κ3) is 1.69. The summed E-state index contributed by atoms with van der Waals surface area (Å²) in [7, 11) is 2.13. The lowest BCUT2D eigenvalue weighted by Gasteiger charge is -2.63. The molecule has 1 heteroatoms. The van der Waals surface area contributed by atoms with Crippen molar-refractivity contribution in [3.05, 3.63) is 12.2 Å². The summed E-state index contributed by atoms with van der Waals surface area (Å²) < 4.78 is 0. The van der Waals surface area contributed by atoms with Gasteiger partial charge in [-0.3, -0.25) is 0 Å². The van der Waals surface area contributed by atoms with Crippen LogP contribution in [0.4, 0.5) is 0 Å². The minimum absolute atomic E-state index is 0.541. The monoisotopic (exact) mass is 233 g/mol. The molecule has 0 saturated heterocycles. The molecule has 1 nitrogen and oxygen atoms in total. The van der Waals surface area contributed by atoms with E-state index in [0.29, 0.717) is 16.9 Å². The van der Waals surface area contributed by atoms with E-state index in [1.807, 2.05) is 0 Å². The number of rotatable bonds is 3. The minimum Gasteiger partial charge on any atom is -0.313 e. The van der Waals surface area contributed by atoms with E-state index in [0.717, 1.165) is 11.8 Å². The summed E-state index contributed by atoms with van der Waals surface area (Å²) in [4.78, 5) is 0. The molecule has 0 radical (unpaired) electrons. The lowest BCUT2D eigenvalue weighted by molar-refractivity contribution is -0.111. The van der Waals surface area contributed by atoms with Crippen molar-refractivity contribution in [3.63, 3.8) is 0 Å². The molecule has 0 aromatic rings. The number of nitrogens with one attached hydrogen (secondary N) is 1. The Morgan fingerprint density at radius 3 is 2.24 bits per heavy atom. The molecular weight excluding hydrogens is 206 g/mol. The van der Waals surface area contributed by atoms with E-state index >= 15 is 0 Å². The number of hydrogen-bond acceptors (Lipinski definition) is 1. The molecule has 0 aromatic carbocycles. The van der Waals surface area contributed by atoms with Gasteiger partial charge in [0.05, 0.1) is 0 Å². The summed E-state index contributed by atoms with van der Waals surface area (Å²) in [6.07, 6.45) is 8.86. The molecular formula is C16H27N. The fourth-order valence-corrected chi connectivity index (χ4v) is 6.21. The molecule has 3 atom stereocenters. The highest BCUT2D eigenvalue weighted by atomic mass is 14.9. The van der Waals surface area contributed by atoms with E-state index in [4.69, 9.17) is 0 Å². The Morgan fingerprint density at radius 1 is 1.24 bits per heavy atom. The summed E-state index contributed by atoms with van der Waals surface area (Å²) >= 11 is 0. The summed E-state index contributed by atoms with van der Waals surface area (Å²) in [6.45, 7) is 9.00. The van der Waals surface area contributed by atoms with Crippen LogP contribution in [0.2, 0.25) is 0 Å².